The molecule has 0 radical (unpaired) electrons. The van der Waals surface area contributed by atoms with Gasteiger partial charge in [-0.1, -0.05) is 0 Å². The third kappa shape index (κ3) is 1.85. The summed E-state index contributed by atoms with van der Waals surface area (Å²) in [6.45, 7) is 1.97. The number of aromatic nitrogens is 3. The summed E-state index contributed by atoms with van der Waals surface area (Å²) in [5, 5.41) is 0.249. The van der Waals surface area contributed by atoms with Crippen molar-refractivity contribution in [3.8, 4) is 0 Å². The first-order valence-electron chi connectivity index (χ1n) is 4.55. The Balaban J connectivity index is 2.80. The van der Waals surface area contributed by atoms with E-state index < -0.39 is 0 Å². The van der Waals surface area contributed by atoms with Gasteiger partial charge in [0.1, 0.15) is 5.52 Å². The number of pyridine rings is 1. The van der Waals surface area contributed by atoms with Gasteiger partial charge in [-0.25, -0.2) is 4.98 Å². The van der Waals surface area contributed by atoms with Crippen LogP contribution in [-0.4, -0.2) is 29.0 Å². The number of rotatable bonds is 1. The molecule has 0 aromatic carbocycles. The second-order valence-corrected chi connectivity index (χ2v) is 3.93. The molecule has 0 fully saturated rings. The smallest absolute Gasteiger partial charge is 0.225 e. The summed E-state index contributed by atoms with van der Waals surface area (Å²) in [5.41, 5.74) is 2.61. The fourth-order valence-corrected chi connectivity index (χ4v) is 1.56. The molecule has 4 nitrogen and oxygen atoms in total. The van der Waals surface area contributed by atoms with Crippen molar-refractivity contribution in [3.05, 3.63) is 23.1 Å². The van der Waals surface area contributed by atoms with E-state index in [1.165, 1.54) is 0 Å². The number of fused-ring (bicyclic) bond motifs is 1. The van der Waals surface area contributed by atoms with Gasteiger partial charge in [0.15, 0.2) is 5.82 Å². The van der Waals surface area contributed by atoms with Crippen molar-refractivity contribution in [3.63, 3.8) is 0 Å². The Labute approximate surface area is 92.9 Å². The zero-order valence-corrected chi connectivity index (χ0v) is 9.58. The summed E-state index contributed by atoms with van der Waals surface area (Å²) in [6.07, 6.45) is 1.80. The van der Waals surface area contributed by atoms with Crippen molar-refractivity contribution in [2.24, 2.45) is 0 Å². The topological polar surface area (TPSA) is 41.9 Å². The lowest BCUT2D eigenvalue weighted by Crippen LogP contribution is -2.12. The second-order valence-electron chi connectivity index (χ2n) is 3.59. The molecule has 0 amide bonds. The molecule has 2 heterocycles. The minimum atomic E-state index is 0.249. The average molecular weight is 223 g/mol. The van der Waals surface area contributed by atoms with E-state index in [2.05, 4.69) is 15.0 Å². The van der Waals surface area contributed by atoms with E-state index in [0.717, 1.165) is 22.4 Å². The molecule has 0 aliphatic heterocycles. The maximum atomic E-state index is 5.84. The first kappa shape index (κ1) is 10.1. The van der Waals surface area contributed by atoms with E-state index in [1.807, 2.05) is 32.0 Å². The third-order valence-electron chi connectivity index (χ3n) is 2.05. The van der Waals surface area contributed by atoms with E-state index >= 15 is 0 Å². The van der Waals surface area contributed by atoms with Gasteiger partial charge < -0.3 is 4.90 Å². The number of hydrogen-bond acceptors (Lipinski definition) is 4. The van der Waals surface area contributed by atoms with E-state index in [1.54, 1.807) is 6.20 Å². The van der Waals surface area contributed by atoms with Crippen LogP contribution < -0.4 is 4.90 Å². The molecule has 2 rings (SSSR count). The number of anilines is 1. The van der Waals surface area contributed by atoms with Crippen molar-refractivity contribution in [1.29, 1.82) is 0 Å². The molecule has 0 unspecified atom stereocenters. The molecule has 0 aliphatic carbocycles. The summed E-state index contributed by atoms with van der Waals surface area (Å²) in [4.78, 5) is 14.5. The summed E-state index contributed by atoms with van der Waals surface area (Å²) in [6, 6.07) is 1.95. The molecule has 2 aromatic heterocycles. The monoisotopic (exact) mass is 222 g/mol. The van der Waals surface area contributed by atoms with E-state index in [0.29, 0.717) is 0 Å². The quantitative estimate of drug-likeness (QED) is 0.693. The number of aryl methyl sites for hydroxylation is 1. The highest BCUT2D eigenvalue weighted by atomic mass is 35.5. The summed E-state index contributed by atoms with van der Waals surface area (Å²) < 4.78 is 0. The van der Waals surface area contributed by atoms with Crippen molar-refractivity contribution >= 4 is 28.5 Å². The molecule has 0 saturated carbocycles. The van der Waals surface area contributed by atoms with Gasteiger partial charge >= 0.3 is 0 Å². The van der Waals surface area contributed by atoms with E-state index in [4.69, 9.17) is 11.6 Å². The highest BCUT2D eigenvalue weighted by Gasteiger charge is 2.09. The average Bonchev–Trinajstić information content (AvgIpc) is 2.15. The Morgan fingerprint density at radius 3 is 2.67 bits per heavy atom. The molecule has 0 bridgehead atoms. The van der Waals surface area contributed by atoms with E-state index in [-0.39, 0.29) is 5.28 Å². The van der Waals surface area contributed by atoms with Gasteiger partial charge in [-0.2, -0.15) is 4.98 Å². The Hall–Kier alpha value is -1.42. The Morgan fingerprint density at radius 2 is 2.00 bits per heavy atom. The predicted octanol–water partition coefficient (Wildman–Crippen LogP) is 2.05. The van der Waals surface area contributed by atoms with Crippen LogP contribution in [0.1, 0.15) is 5.56 Å². The van der Waals surface area contributed by atoms with Gasteiger partial charge in [-0.3, -0.25) is 4.98 Å². The number of hydrogen-bond donors (Lipinski definition) is 0. The first-order valence-corrected chi connectivity index (χ1v) is 4.93. The van der Waals surface area contributed by atoms with Crippen LogP contribution in [-0.2, 0) is 0 Å². The molecule has 5 heteroatoms. The number of halogens is 1. The third-order valence-corrected chi connectivity index (χ3v) is 2.22. The predicted molar refractivity (Wildman–Crippen MR) is 61.4 cm³/mol. The minimum absolute atomic E-state index is 0.249. The van der Waals surface area contributed by atoms with Gasteiger partial charge in [-0.15, -0.1) is 0 Å². The fraction of sp³-hybridized carbons (Fsp3) is 0.300. The van der Waals surface area contributed by atoms with Crippen LogP contribution in [0.25, 0.3) is 11.0 Å². The fourth-order valence-electron chi connectivity index (χ4n) is 1.39. The molecular weight excluding hydrogens is 212 g/mol. The first-order chi connectivity index (χ1) is 7.08. The zero-order valence-electron chi connectivity index (χ0n) is 8.82. The lowest BCUT2D eigenvalue weighted by Gasteiger charge is -2.13. The van der Waals surface area contributed by atoms with Gasteiger partial charge in [0.25, 0.3) is 0 Å². The second kappa shape index (κ2) is 3.62. The Kier molecular flexibility index (Phi) is 2.44. The van der Waals surface area contributed by atoms with Crippen molar-refractivity contribution in [2.75, 3.05) is 19.0 Å². The standard InChI is InChI=1S/C10H11ClN4/c1-6-4-7-8(12-5-6)9(15(2)3)14-10(11)13-7/h4-5H,1-3H3. The van der Waals surface area contributed by atoms with Crippen molar-refractivity contribution in [1.82, 2.24) is 15.0 Å². The molecule has 0 aliphatic rings. The van der Waals surface area contributed by atoms with Crippen LogP contribution in [0, 0.1) is 6.92 Å². The summed E-state index contributed by atoms with van der Waals surface area (Å²) in [7, 11) is 3.80. The van der Waals surface area contributed by atoms with E-state index in [9.17, 15) is 0 Å². The molecule has 0 atom stereocenters. The molecule has 15 heavy (non-hydrogen) atoms. The van der Waals surface area contributed by atoms with Crippen LogP contribution in [0.5, 0.6) is 0 Å². The highest BCUT2D eigenvalue weighted by molar-refractivity contribution is 6.28. The molecule has 2 aromatic rings. The Bertz CT molecular complexity index is 505. The molecule has 0 spiro atoms. The maximum Gasteiger partial charge on any atom is 0.225 e. The van der Waals surface area contributed by atoms with Crippen LogP contribution >= 0.6 is 11.6 Å². The van der Waals surface area contributed by atoms with Crippen molar-refractivity contribution < 1.29 is 0 Å². The summed E-state index contributed by atoms with van der Waals surface area (Å²) in [5.74, 6) is 0.741. The van der Waals surface area contributed by atoms with Crippen LogP contribution in [0.3, 0.4) is 0 Å². The normalized spacial score (nSPS) is 10.7. The van der Waals surface area contributed by atoms with Crippen LogP contribution in [0.15, 0.2) is 12.3 Å². The number of nitrogens with zero attached hydrogens (tertiary/aromatic N) is 4. The lowest BCUT2D eigenvalue weighted by atomic mass is 10.2. The van der Waals surface area contributed by atoms with Crippen LogP contribution in [0.4, 0.5) is 5.82 Å². The van der Waals surface area contributed by atoms with Gasteiger partial charge in [0.2, 0.25) is 5.28 Å². The summed E-state index contributed by atoms with van der Waals surface area (Å²) >= 11 is 5.84. The molecule has 0 saturated heterocycles. The molecule has 0 N–H and O–H groups in total. The Morgan fingerprint density at radius 1 is 1.27 bits per heavy atom. The molecule has 78 valence electrons. The van der Waals surface area contributed by atoms with Gasteiger partial charge in [0, 0.05) is 20.3 Å². The van der Waals surface area contributed by atoms with Gasteiger partial charge in [0.05, 0.1) is 5.52 Å². The van der Waals surface area contributed by atoms with Crippen molar-refractivity contribution in [2.45, 2.75) is 6.92 Å². The largest absolute Gasteiger partial charge is 0.361 e. The minimum Gasteiger partial charge on any atom is -0.361 e. The van der Waals surface area contributed by atoms with Gasteiger partial charge in [-0.05, 0) is 30.2 Å². The zero-order chi connectivity index (χ0) is 11.0. The lowest BCUT2D eigenvalue weighted by molar-refractivity contribution is 1.05. The van der Waals surface area contributed by atoms with Crippen LogP contribution in [0.2, 0.25) is 5.28 Å². The SMILES string of the molecule is Cc1cnc2c(N(C)C)nc(Cl)nc2c1. The maximum absolute atomic E-state index is 5.84. The molecular formula is C10H11ClN4. The highest BCUT2D eigenvalue weighted by Crippen LogP contribution is 2.22.